The minimum atomic E-state index is 1.00. The summed E-state index contributed by atoms with van der Waals surface area (Å²) in [6.07, 6.45) is 3.91. The summed E-state index contributed by atoms with van der Waals surface area (Å²) in [5, 5.41) is 3.48. The van der Waals surface area contributed by atoms with Gasteiger partial charge in [-0.1, -0.05) is 78.9 Å². The normalized spacial score (nSPS) is 11.2. The summed E-state index contributed by atoms with van der Waals surface area (Å²) < 4.78 is 0. The van der Waals surface area contributed by atoms with Crippen LogP contribution >= 0.6 is 9.24 Å². The van der Waals surface area contributed by atoms with E-state index in [0.29, 0.717) is 0 Å². The molecule has 0 bridgehead atoms. The summed E-state index contributed by atoms with van der Waals surface area (Å²) in [4.78, 5) is 9.36. The Labute approximate surface area is 195 Å². The third-order valence-electron chi connectivity index (χ3n) is 6.07. The SMILES string of the molecule is Pc1ccc(-c2ccc3cc(-c4ccc(-c5cnc6ccccc6c5)cc4)cnc3c2)cc1. The molecule has 0 amide bonds. The fourth-order valence-electron chi connectivity index (χ4n) is 4.22. The predicted octanol–water partition coefficient (Wildman–Crippen LogP) is 7.28. The summed E-state index contributed by atoms with van der Waals surface area (Å²) >= 11 is 0. The average molecular weight is 440 g/mol. The van der Waals surface area contributed by atoms with Crippen molar-refractivity contribution in [2.75, 3.05) is 0 Å². The molecular formula is C30H21N2P. The molecular weight excluding hydrogens is 419 g/mol. The minimum Gasteiger partial charge on any atom is -0.256 e. The Bertz CT molecular complexity index is 1600. The molecule has 2 nitrogen and oxygen atoms in total. The van der Waals surface area contributed by atoms with Gasteiger partial charge in [0.25, 0.3) is 0 Å². The van der Waals surface area contributed by atoms with Crippen molar-refractivity contribution in [3.05, 3.63) is 116 Å². The molecule has 33 heavy (non-hydrogen) atoms. The lowest BCUT2D eigenvalue weighted by atomic mass is 9.99. The van der Waals surface area contributed by atoms with E-state index in [0.717, 1.165) is 44.1 Å². The molecule has 0 N–H and O–H groups in total. The van der Waals surface area contributed by atoms with Crippen molar-refractivity contribution in [1.82, 2.24) is 9.97 Å². The Morgan fingerprint density at radius 2 is 0.939 bits per heavy atom. The number of hydrogen-bond donors (Lipinski definition) is 0. The van der Waals surface area contributed by atoms with Crippen molar-refractivity contribution in [3.63, 3.8) is 0 Å². The first-order valence-electron chi connectivity index (χ1n) is 10.9. The standard InChI is InChI=1S/C30H21N2P/c33-28-13-11-20(12-14-28)23-9-10-25-16-27(19-32-30(25)17-23)22-7-5-21(6-8-22)26-15-24-3-1-2-4-29(24)31-18-26/h1-19H,33H2. The molecule has 0 aliphatic heterocycles. The molecule has 1 atom stereocenters. The maximum Gasteiger partial charge on any atom is 0.0708 e. The van der Waals surface area contributed by atoms with Gasteiger partial charge in [0, 0.05) is 34.3 Å². The fraction of sp³-hybridized carbons (Fsp3) is 0. The predicted molar refractivity (Wildman–Crippen MR) is 143 cm³/mol. The Hall–Kier alpha value is -3.87. The van der Waals surface area contributed by atoms with Gasteiger partial charge < -0.3 is 0 Å². The molecule has 0 fully saturated rings. The summed E-state index contributed by atoms with van der Waals surface area (Å²) in [6, 6.07) is 36.2. The summed E-state index contributed by atoms with van der Waals surface area (Å²) in [5.74, 6) is 0. The van der Waals surface area contributed by atoms with E-state index in [1.807, 2.05) is 30.6 Å². The molecule has 6 aromatic rings. The highest BCUT2D eigenvalue weighted by molar-refractivity contribution is 7.27. The van der Waals surface area contributed by atoms with E-state index in [1.165, 1.54) is 16.4 Å². The Kier molecular flexibility index (Phi) is 4.94. The summed E-state index contributed by atoms with van der Waals surface area (Å²) in [5.41, 5.74) is 8.96. The van der Waals surface area contributed by atoms with Crippen molar-refractivity contribution >= 4 is 36.4 Å². The van der Waals surface area contributed by atoms with Crippen molar-refractivity contribution in [2.45, 2.75) is 0 Å². The van der Waals surface area contributed by atoms with Crippen LogP contribution in [0.3, 0.4) is 0 Å². The van der Waals surface area contributed by atoms with E-state index in [1.54, 1.807) is 0 Å². The first-order chi connectivity index (χ1) is 16.2. The molecule has 4 aromatic carbocycles. The smallest absolute Gasteiger partial charge is 0.0708 e. The lowest BCUT2D eigenvalue weighted by Crippen LogP contribution is -1.89. The fourth-order valence-corrected chi connectivity index (χ4v) is 4.41. The third-order valence-corrected chi connectivity index (χ3v) is 6.46. The number of benzene rings is 4. The maximum absolute atomic E-state index is 4.76. The molecule has 6 rings (SSSR count). The highest BCUT2D eigenvalue weighted by atomic mass is 31.0. The molecule has 2 aromatic heterocycles. The molecule has 0 radical (unpaired) electrons. The quantitative estimate of drug-likeness (QED) is 0.270. The molecule has 0 aliphatic carbocycles. The number of nitrogens with zero attached hydrogens (tertiary/aromatic N) is 2. The van der Waals surface area contributed by atoms with Gasteiger partial charge in [0.15, 0.2) is 0 Å². The molecule has 156 valence electrons. The zero-order valence-corrected chi connectivity index (χ0v) is 19.1. The first kappa shape index (κ1) is 19.8. The first-order valence-corrected chi connectivity index (χ1v) is 11.5. The van der Waals surface area contributed by atoms with Crippen LogP contribution in [-0.4, -0.2) is 9.97 Å². The van der Waals surface area contributed by atoms with E-state index in [-0.39, 0.29) is 0 Å². The molecule has 3 heteroatoms. The highest BCUT2D eigenvalue weighted by Crippen LogP contribution is 2.29. The van der Waals surface area contributed by atoms with Gasteiger partial charge in [0.1, 0.15) is 0 Å². The number of pyridine rings is 2. The summed E-state index contributed by atoms with van der Waals surface area (Å²) in [6.45, 7) is 0. The van der Waals surface area contributed by atoms with Crippen LogP contribution in [0.1, 0.15) is 0 Å². The average Bonchev–Trinajstić information content (AvgIpc) is 2.88. The van der Waals surface area contributed by atoms with E-state index in [4.69, 9.17) is 4.98 Å². The van der Waals surface area contributed by atoms with Crippen molar-refractivity contribution in [1.29, 1.82) is 0 Å². The third kappa shape index (κ3) is 3.91. The number of para-hydroxylation sites is 1. The number of fused-ring (bicyclic) bond motifs is 2. The molecule has 0 saturated carbocycles. The second-order valence-electron chi connectivity index (χ2n) is 8.25. The second-order valence-corrected chi connectivity index (χ2v) is 8.91. The maximum atomic E-state index is 4.76. The van der Waals surface area contributed by atoms with Gasteiger partial charge in [-0.15, -0.1) is 9.24 Å². The van der Waals surface area contributed by atoms with Crippen LogP contribution < -0.4 is 5.30 Å². The number of rotatable bonds is 3. The molecule has 0 saturated heterocycles. The number of hydrogen-bond acceptors (Lipinski definition) is 2. The Balaban J connectivity index is 1.30. The van der Waals surface area contributed by atoms with Gasteiger partial charge in [0.05, 0.1) is 11.0 Å². The van der Waals surface area contributed by atoms with Gasteiger partial charge in [-0.2, -0.15) is 0 Å². The van der Waals surface area contributed by atoms with E-state index in [9.17, 15) is 0 Å². The highest BCUT2D eigenvalue weighted by Gasteiger charge is 2.06. The zero-order chi connectivity index (χ0) is 22.2. The monoisotopic (exact) mass is 440 g/mol. The summed E-state index contributed by atoms with van der Waals surface area (Å²) in [7, 11) is 2.73. The van der Waals surface area contributed by atoms with E-state index >= 15 is 0 Å². The molecule has 0 aliphatic rings. The molecule has 1 unspecified atom stereocenters. The van der Waals surface area contributed by atoms with Crippen LogP contribution in [0.5, 0.6) is 0 Å². The van der Waals surface area contributed by atoms with Crippen molar-refractivity contribution in [2.24, 2.45) is 0 Å². The van der Waals surface area contributed by atoms with Crippen LogP contribution in [-0.2, 0) is 0 Å². The van der Waals surface area contributed by atoms with Crippen molar-refractivity contribution in [3.8, 4) is 33.4 Å². The van der Waals surface area contributed by atoms with Gasteiger partial charge in [-0.25, -0.2) is 0 Å². The topological polar surface area (TPSA) is 25.8 Å². The van der Waals surface area contributed by atoms with Gasteiger partial charge in [-0.05, 0) is 51.8 Å². The van der Waals surface area contributed by atoms with Gasteiger partial charge in [0.2, 0.25) is 0 Å². The molecule has 0 spiro atoms. The largest absolute Gasteiger partial charge is 0.256 e. The lowest BCUT2D eigenvalue weighted by Gasteiger charge is -2.08. The van der Waals surface area contributed by atoms with E-state index in [2.05, 4.69) is 99.2 Å². The van der Waals surface area contributed by atoms with Crippen LogP contribution in [0.25, 0.3) is 55.2 Å². The lowest BCUT2D eigenvalue weighted by molar-refractivity contribution is 1.40. The molecule has 2 heterocycles. The Morgan fingerprint density at radius 1 is 0.424 bits per heavy atom. The van der Waals surface area contributed by atoms with Crippen LogP contribution in [0, 0.1) is 0 Å². The second kappa shape index (κ2) is 8.24. The van der Waals surface area contributed by atoms with Gasteiger partial charge in [-0.3, -0.25) is 9.97 Å². The zero-order valence-electron chi connectivity index (χ0n) is 17.9. The van der Waals surface area contributed by atoms with E-state index < -0.39 is 0 Å². The Morgan fingerprint density at radius 3 is 1.64 bits per heavy atom. The van der Waals surface area contributed by atoms with Gasteiger partial charge >= 0.3 is 0 Å². The van der Waals surface area contributed by atoms with Crippen LogP contribution in [0.2, 0.25) is 0 Å². The van der Waals surface area contributed by atoms with Crippen LogP contribution in [0.15, 0.2) is 116 Å². The van der Waals surface area contributed by atoms with Crippen molar-refractivity contribution < 1.29 is 0 Å². The minimum absolute atomic E-state index is 1.00. The number of aromatic nitrogens is 2. The van der Waals surface area contributed by atoms with Crippen LogP contribution in [0.4, 0.5) is 0 Å².